The summed E-state index contributed by atoms with van der Waals surface area (Å²) in [5, 5.41) is 0. The summed E-state index contributed by atoms with van der Waals surface area (Å²) in [7, 11) is 2.25. The zero-order valence-electron chi connectivity index (χ0n) is 9.71. The van der Waals surface area contributed by atoms with Crippen molar-refractivity contribution in [1.82, 2.24) is 9.80 Å². The molecule has 0 N–H and O–H groups in total. The van der Waals surface area contributed by atoms with E-state index in [2.05, 4.69) is 30.7 Å². The highest BCUT2D eigenvalue weighted by atomic mass is 15.3. The molecule has 2 heterocycles. The Bertz CT molecular complexity index is 237. The Kier molecular flexibility index (Phi) is 1.66. The van der Waals surface area contributed by atoms with E-state index in [1.54, 1.807) is 0 Å². The number of hydrogen-bond acceptors (Lipinski definition) is 2. The van der Waals surface area contributed by atoms with Gasteiger partial charge in [-0.2, -0.15) is 0 Å². The Hall–Kier alpha value is -0.0800. The first kappa shape index (κ1) is 9.17. The standard InChI is InChI=1S/C12H22N2/c1-10(2)14-8-12(9-14)4-11(5-12)6-13(3)7-11/h10H,4-9H2,1-3H3. The molecule has 80 valence electrons. The minimum atomic E-state index is 0.765. The lowest BCUT2D eigenvalue weighted by Gasteiger charge is -2.70. The van der Waals surface area contributed by atoms with E-state index in [9.17, 15) is 0 Å². The van der Waals surface area contributed by atoms with Gasteiger partial charge in [-0.05, 0) is 44.6 Å². The Morgan fingerprint density at radius 2 is 1.43 bits per heavy atom. The summed E-state index contributed by atoms with van der Waals surface area (Å²) in [5.74, 6) is 0. The first-order chi connectivity index (χ1) is 6.53. The van der Waals surface area contributed by atoms with Crippen LogP contribution in [0.25, 0.3) is 0 Å². The molecule has 3 rings (SSSR count). The normalized spacial score (nSPS) is 34.3. The molecular weight excluding hydrogens is 172 g/mol. The maximum atomic E-state index is 2.62. The molecule has 0 aromatic heterocycles. The van der Waals surface area contributed by atoms with Crippen molar-refractivity contribution < 1.29 is 0 Å². The highest BCUT2D eigenvalue weighted by Gasteiger charge is 2.62. The van der Waals surface area contributed by atoms with Crippen molar-refractivity contribution in [2.75, 3.05) is 33.2 Å². The third-order valence-electron chi connectivity index (χ3n) is 4.52. The highest BCUT2D eigenvalue weighted by molar-refractivity contribution is 5.15. The highest BCUT2D eigenvalue weighted by Crippen LogP contribution is 2.62. The minimum absolute atomic E-state index is 0.765. The number of rotatable bonds is 1. The molecular formula is C12H22N2. The van der Waals surface area contributed by atoms with Crippen LogP contribution in [0.1, 0.15) is 26.7 Å². The molecule has 0 unspecified atom stereocenters. The lowest BCUT2D eigenvalue weighted by molar-refractivity contribution is -0.199. The average molecular weight is 194 g/mol. The summed E-state index contributed by atoms with van der Waals surface area (Å²) in [6, 6.07) is 0.765. The first-order valence-electron chi connectivity index (χ1n) is 5.95. The van der Waals surface area contributed by atoms with E-state index in [4.69, 9.17) is 0 Å². The Morgan fingerprint density at radius 1 is 0.929 bits per heavy atom. The lowest BCUT2D eigenvalue weighted by Crippen LogP contribution is -2.73. The van der Waals surface area contributed by atoms with Crippen molar-refractivity contribution >= 4 is 0 Å². The van der Waals surface area contributed by atoms with E-state index in [0.29, 0.717) is 0 Å². The van der Waals surface area contributed by atoms with Crippen LogP contribution >= 0.6 is 0 Å². The van der Waals surface area contributed by atoms with Gasteiger partial charge in [-0.15, -0.1) is 0 Å². The van der Waals surface area contributed by atoms with Crippen LogP contribution in [0, 0.1) is 10.8 Å². The smallest absolute Gasteiger partial charge is 0.00536 e. The maximum Gasteiger partial charge on any atom is 0.00536 e. The zero-order valence-corrected chi connectivity index (χ0v) is 9.71. The molecule has 1 saturated carbocycles. The predicted molar refractivity (Wildman–Crippen MR) is 58.3 cm³/mol. The molecule has 2 nitrogen and oxygen atoms in total. The van der Waals surface area contributed by atoms with E-state index >= 15 is 0 Å². The molecule has 0 radical (unpaired) electrons. The van der Waals surface area contributed by atoms with Crippen molar-refractivity contribution in [3.63, 3.8) is 0 Å². The second-order valence-corrected chi connectivity index (χ2v) is 6.52. The van der Waals surface area contributed by atoms with Gasteiger partial charge in [-0.3, -0.25) is 4.90 Å². The monoisotopic (exact) mass is 194 g/mol. The van der Waals surface area contributed by atoms with Crippen LogP contribution in [0.4, 0.5) is 0 Å². The van der Waals surface area contributed by atoms with Crippen molar-refractivity contribution in [3.05, 3.63) is 0 Å². The van der Waals surface area contributed by atoms with Gasteiger partial charge in [0.2, 0.25) is 0 Å². The molecule has 3 aliphatic rings. The van der Waals surface area contributed by atoms with E-state index in [1.165, 1.54) is 39.0 Å². The zero-order chi connectivity index (χ0) is 9.97. The van der Waals surface area contributed by atoms with Gasteiger partial charge in [0.25, 0.3) is 0 Å². The van der Waals surface area contributed by atoms with Gasteiger partial charge in [0, 0.05) is 32.2 Å². The minimum Gasteiger partial charge on any atom is -0.305 e. The fourth-order valence-corrected chi connectivity index (χ4v) is 4.27. The Morgan fingerprint density at radius 3 is 1.86 bits per heavy atom. The van der Waals surface area contributed by atoms with Gasteiger partial charge in [-0.1, -0.05) is 0 Å². The van der Waals surface area contributed by atoms with Crippen molar-refractivity contribution in [1.29, 1.82) is 0 Å². The fraction of sp³-hybridized carbons (Fsp3) is 1.00. The molecule has 0 aromatic rings. The second-order valence-electron chi connectivity index (χ2n) is 6.52. The molecule has 2 saturated heterocycles. The Balaban J connectivity index is 1.52. The van der Waals surface area contributed by atoms with Gasteiger partial charge < -0.3 is 4.90 Å². The van der Waals surface area contributed by atoms with Crippen molar-refractivity contribution in [3.8, 4) is 0 Å². The van der Waals surface area contributed by atoms with Gasteiger partial charge in [-0.25, -0.2) is 0 Å². The largest absolute Gasteiger partial charge is 0.305 e. The number of hydrogen-bond donors (Lipinski definition) is 0. The van der Waals surface area contributed by atoms with Crippen LogP contribution in [0.2, 0.25) is 0 Å². The van der Waals surface area contributed by atoms with Crippen LogP contribution < -0.4 is 0 Å². The average Bonchev–Trinajstić information content (AvgIpc) is 1.87. The molecule has 0 atom stereocenters. The molecule has 14 heavy (non-hydrogen) atoms. The summed E-state index contributed by atoms with van der Waals surface area (Å²) in [6.07, 6.45) is 3.04. The first-order valence-corrected chi connectivity index (χ1v) is 5.95. The second kappa shape index (κ2) is 2.53. The summed E-state index contributed by atoms with van der Waals surface area (Å²) in [4.78, 5) is 5.08. The van der Waals surface area contributed by atoms with Gasteiger partial charge in [0.15, 0.2) is 0 Å². The Labute approximate surface area is 87.3 Å². The SMILES string of the molecule is CC(C)N1CC2(C1)CC1(CN(C)C1)C2. The molecule has 1 aliphatic carbocycles. The predicted octanol–water partition coefficient (Wildman–Crippen LogP) is 1.42. The van der Waals surface area contributed by atoms with Crippen molar-refractivity contribution in [2.45, 2.75) is 32.7 Å². The molecule has 0 amide bonds. The van der Waals surface area contributed by atoms with Crippen LogP contribution in [-0.4, -0.2) is 49.1 Å². The third-order valence-corrected chi connectivity index (χ3v) is 4.52. The van der Waals surface area contributed by atoms with E-state index in [-0.39, 0.29) is 0 Å². The van der Waals surface area contributed by atoms with Crippen LogP contribution in [0.3, 0.4) is 0 Å². The van der Waals surface area contributed by atoms with Crippen molar-refractivity contribution in [2.24, 2.45) is 10.8 Å². The fourth-order valence-electron chi connectivity index (χ4n) is 4.27. The molecule has 0 aromatic carbocycles. The van der Waals surface area contributed by atoms with E-state index in [0.717, 1.165) is 16.9 Å². The van der Waals surface area contributed by atoms with Gasteiger partial charge in [0.05, 0.1) is 0 Å². The maximum absolute atomic E-state index is 2.62. The molecule has 3 fully saturated rings. The van der Waals surface area contributed by atoms with E-state index < -0.39 is 0 Å². The summed E-state index contributed by atoms with van der Waals surface area (Å²) in [5.41, 5.74) is 1.54. The van der Waals surface area contributed by atoms with Crippen LogP contribution in [0.15, 0.2) is 0 Å². The number of nitrogens with zero attached hydrogens (tertiary/aromatic N) is 2. The molecule has 2 spiro atoms. The lowest BCUT2D eigenvalue weighted by atomic mass is 9.47. The number of likely N-dealkylation sites (tertiary alicyclic amines) is 2. The van der Waals surface area contributed by atoms with Gasteiger partial charge >= 0.3 is 0 Å². The molecule has 2 heteroatoms. The topological polar surface area (TPSA) is 6.48 Å². The molecule has 0 bridgehead atoms. The quantitative estimate of drug-likeness (QED) is 0.623. The van der Waals surface area contributed by atoms with Gasteiger partial charge in [0.1, 0.15) is 0 Å². The summed E-state index contributed by atoms with van der Waals surface area (Å²) >= 11 is 0. The van der Waals surface area contributed by atoms with Crippen LogP contribution in [-0.2, 0) is 0 Å². The van der Waals surface area contributed by atoms with Crippen LogP contribution in [0.5, 0.6) is 0 Å². The molecule has 2 aliphatic heterocycles. The summed E-state index contributed by atoms with van der Waals surface area (Å²) in [6.45, 7) is 10.1. The summed E-state index contributed by atoms with van der Waals surface area (Å²) < 4.78 is 0. The van der Waals surface area contributed by atoms with E-state index in [1.807, 2.05) is 0 Å². The third kappa shape index (κ3) is 1.10.